The van der Waals surface area contributed by atoms with Crippen LogP contribution >= 0.6 is 22.7 Å². The van der Waals surface area contributed by atoms with Crippen LogP contribution in [0.2, 0.25) is 0 Å². The number of rotatable bonds is 6. The molecule has 3 aromatic heterocycles. The Balaban J connectivity index is 1.44. The molecule has 2 N–H and O–H groups in total. The molecule has 0 atom stereocenters. The lowest BCUT2D eigenvalue weighted by molar-refractivity contribution is -0.119. The van der Waals surface area contributed by atoms with E-state index in [1.807, 2.05) is 30.5 Å². The quantitative estimate of drug-likeness (QED) is 0.466. The fourth-order valence-corrected chi connectivity index (χ4v) is 4.74. The summed E-state index contributed by atoms with van der Waals surface area (Å²) in [6.07, 6.45) is 1.40. The number of nitrogens with zero attached hydrogens (tertiary/aromatic N) is 3. The van der Waals surface area contributed by atoms with Crippen molar-refractivity contribution >= 4 is 50.5 Å². The van der Waals surface area contributed by atoms with E-state index in [1.54, 1.807) is 12.1 Å². The van der Waals surface area contributed by atoms with E-state index in [0.29, 0.717) is 22.6 Å². The van der Waals surface area contributed by atoms with Gasteiger partial charge in [0.25, 0.3) is 5.56 Å². The van der Waals surface area contributed by atoms with Gasteiger partial charge in [-0.2, -0.15) is 0 Å². The predicted octanol–water partition coefficient (Wildman–Crippen LogP) is 3.16. The van der Waals surface area contributed by atoms with Crippen LogP contribution in [0, 0.1) is 6.92 Å². The molecule has 0 saturated carbocycles. The van der Waals surface area contributed by atoms with Crippen LogP contribution in [0.1, 0.15) is 17.4 Å². The smallest absolute Gasteiger partial charge is 0.261 e. The zero-order chi connectivity index (χ0) is 22.0. The minimum atomic E-state index is -0.352. The van der Waals surface area contributed by atoms with Crippen molar-refractivity contribution in [3.63, 3.8) is 0 Å². The highest BCUT2D eigenvalue weighted by molar-refractivity contribution is 7.17. The van der Waals surface area contributed by atoms with Crippen LogP contribution in [0.5, 0.6) is 0 Å². The Morgan fingerprint density at radius 1 is 1.19 bits per heavy atom. The Hall–Kier alpha value is -3.37. The molecule has 10 heteroatoms. The third-order valence-corrected chi connectivity index (χ3v) is 6.41. The molecule has 0 radical (unpaired) electrons. The largest absolute Gasteiger partial charge is 0.351 e. The van der Waals surface area contributed by atoms with Crippen molar-refractivity contribution in [1.82, 2.24) is 19.9 Å². The lowest BCUT2D eigenvalue weighted by Crippen LogP contribution is -2.28. The number of amides is 2. The fraction of sp³-hybridized carbons (Fsp3) is 0.190. The molecule has 1 aromatic carbocycles. The van der Waals surface area contributed by atoms with Gasteiger partial charge in [-0.05, 0) is 30.7 Å². The van der Waals surface area contributed by atoms with Gasteiger partial charge in [0.15, 0.2) is 5.13 Å². The summed E-state index contributed by atoms with van der Waals surface area (Å²) in [7, 11) is 0. The van der Waals surface area contributed by atoms with Gasteiger partial charge in [-0.15, -0.1) is 22.7 Å². The van der Waals surface area contributed by atoms with Crippen molar-refractivity contribution in [2.24, 2.45) is 0 Å². The maximum Gasteiger partial charge on any atom is 0.261 e. The molecule has 31 heavy (non-hydrogen) atoms. The van der Waals surface area contributed by atoms with E-state index in [0.717, 1.165) is 21.0 Å². The Labute approximate surface area is 185 Å². The number of anilines is 1. The molecular formula is C21H19N5O3S2. The molecule has 0 saturated heterocycles. The first-order valence-electron chi connectivity index (χ1n) is 9.44. The molecule has 0 fully saturated rings. The van der Waals surface area contributed by atoms with Gasteiger partial charge in [0, 0.05) is 17.2 Å². The predicted molar refractivity (Wildman–Crippen MR) is 122 cm³/mol. The Kier molecular flexibility index (Phi) is 5.92. The molecule has 0 aliphatic carbocycles. The highest BCUT2D eigenvalue weighted by Crippen LogP contribution is 2.30. The van der Waals surface area contributed by atoms with Gasteiger partial charge < -0.3 is 10.6 Å². The SMILES string of the molecule is CC(=O)NCc1ccc(-c2csc(NC(=O)Cn3cnc4c(C)cccc4c3=O)n2)s1. The number of aryl methyl sites for hydroxylation is 1. The summed E-state index contributed by atoms with van der Waals surface area (Å²) in [5, 5.41) is 8.30. The Morgan fingerprint density at radius 2 is 2.03 bits per heavy atom. The molecular weight excluding hydrogens is 434 g/mol. The number of carbonyl (C=O) groups is 2. The van der Waals surface area contributed by atoms with Crippen molar-refractivity contribution < 1.29 is 9.59 Å². The van der Waals surface area contributed by atoms with E-state index in [2.05, 4.69) is 20.6 Å². The normalized spacial score (nSPS) is 10.9. The molecule has 0 spiro atoms. The Bertz CT molecular complexity index is 1340. The maximum absolute atomic E-state index is 12.7. The van der Waals surface area contributed by atoms with Crippen molar-refractivity contribution in [3.8, 4) is 10.6 Å². The topological polar surface area (TPSA) is 106 Å². The van der Waals surface area contributed by atoms with Crippen molar-refractivity contribution in [2.45, 2.75) is 26.9 Å². The van der Waals surface area contributed by atoms with Gasteiger partial charge in [0.1, 0.15) is 6.54 Å². The van der Waals surface area contributed by atoms with Gasteiger partial charge >= 0.3 is 0 Å². The minimum absolute atomic E-state index is 0.0792. The molecule has 0 bridgehead atoms. The van der Waals surface area contributed by atoms with E-state index in [1.165, 1.54) is 40.5 Å². The minimum Gasteiger partial charge on any atom is -0.351 e. The van der Waals surface area contributed by atoms with Gasteiger partial charge in [-0.1, -0.05) is 12.1 Å². The monoisotopic (exact) mass is 453 g/mol. The van der Waals surface area contributed by atoms with E-state index in [4.69, 9.17) is 0 Å². The zero-order valence-electron chi connectivity index (χ0n) is 16.8. The van der Waals surface area contributed by atoms with Crippen LogP contribution in [-0.2, 0) is 22.7 Å². The van der Waals surface area contributed by atoms with Gasteiger partial charge in [0.05, 0.1) is 34.3 Å². The third-order valence-electron chi connectivity index (χ3n) is 4.55. The fourth-order valence-electron chi connectivity index (χ4n) is 3.03. The van der Waals surface area contributed by atoms with Crippen LogP contribution in [0.3, 0.4) is 0 Å². The van der Waals surface area contributed by atoms with Crippen LogP contribution < -0.4 is 16.2 Å². The van der Waals surface area contributed by atoms with Crippen molar-refractivity contribution in [1.29, 1.82) is 0 Å². The molecule has 3 heterocycles. The molecule has 0 aliphatic rings. The number of hydrogen-bond donors (Lipinski definition) is 2. The molecule has 158 valence electrons. The zero-order valence-corrected chi connectivity index (χ0v) is 18.5. The molecule has 8 nitrogen and oxygen atoms in total. The summed E-state index contributed by atoms with van der Waals surface area (Å²) >= 11 is 2.84. The summed E-state index contributed by atoms with van der Waals surface area (Å²) < 4.78 is 1.29. The summed E-state index contributed by atoms with van der Waals surface area (Å²) in [5.41, 5.74) is 2.05. The van der Waals surface area contributed by atoms with Crippen molar-refractivity contribution in [3.05, 3.63) is 62.8 Å². The molecule has 4 aromatic rings. The molecule has 2 amide bonds. The number of thiophene rings is 1. The number of carbonyl (C=O) groups excluding carboxylic acids is 2. The van der Waals surface area contributed by atoms with Gasteiger partial charge in [-0.25, -0.2) is 9.97 Å². The highest BCUT2D eigenvalue weighted by atomic mass is 32.1. The second-order valence-corrected chi connectivity index (χ2v) is 8.94. The average molecular weight is 454 g/mol. The number of nitrogens with one attached hydrogen (secondary N) is 2. The average Bonchev–Trinajstić information content (AvgIpc) is 3.38. The first kappa shape index (κ1) is 20.9. The molecule has 4 rings (SSSR count). The first-order valence-corrected chi connectivity index (χ1v) is 11.1. The van der Waals surface area contributed by atoms with E-state index in [-0.39, 0.29) is 23.9 Å². The maximum atomic E-state index is 12.7. The van der Waals surface area contributed by atoms with E-state index >= 15 is 0 Å². The number of benzene rings is 1. The summed E-state index contributed by atoms with van der Waals surface area (Å²) in [5.74, 6) is -0.432. The number of para-hydroxylation sites is 1. The third kappa shape index (κ3) is 4.70. The molecule has 0 unspecified atom stereocenters. The molecule has 0 aliphatic heterocycles. The number of thiazole rings is 1. The second kappa shape index (κ2) is 8.78. The summed E-state index contributed by atoms with van der Waals surface area (Å²) in [6, 6.07) is 9.27. The number of fused-ring (bicyclic) bond motifs is 1. The van der Waals surface area contributed by atoms with Crippen LogP contribution in [-0.4, -0.2) is 26.3 Å². The number of aromatic nitrogens is 3. The standard InChI is InChI=1S/C21H19N5O3S2/c1-12-4-3-5-15-19(12)23-11-26(20(15)29)9-18(28)25-21-24-16(10-30-21)17-7-6-14(31-17)8-22-13(2)27/h3-7,10-11H,8-9H2,1-2H3,(H,22,27)(H,24,25,28). The van der Waals surface area contributed by atoms with Crippen molar-refractivity contribution in [2.75, 3.05) is 5.32 Å². The van der Waals surface area contributed by atoms with Crippen LogP contribution in [0.4, 0.5) is 5.13 Å². The van der Waals surface area contributed by atoms with Gasteiger partial charge in [-0.3, -0.25) is 19.0 Å². The lowest BCUT2D eigenvalue weighted by Gasteiger charge is -2.07. The summed E-state index contributed by atoms with van der Waals surface area (Å²) in [4.78, 5) is 46.9. The summed E-state index contributed by atoms with van der Waals surface area (Å²) in [6.45, 7) is 3.70. The van der Waals surface area contributed by atoms with Crippen LogP contribution in [0.15, 0.2) is 46.8 Å². The van der Waals surface area contributed by atoms with E-state index < -0.39 is 0 Å². The van der Waals surface area contributed by atoms with Gasteiger partial charge in [0.2, 0.25) is 11.8 Å². The van der Waals surface area contributed by atoms with E-state index in [9.17, 15) is 14.4 Å². The second-order valence-electron chi connectivity index (χ2n) is 6.91. The Morgan fingerprint density at radius 3 is 2.84 bits per heavy atom. The number of hydrogen-bond acceptors (Lipinski definition) is 7. The van der Waals surface area contributed by atoms with Crippen LogP contribution in [0.25, 0.3) is 21.5 Å². The lowest BCUT2D eigenvalue weighted by atomic mass is 10.1. The highest BCUT2D eigenvalue weighted by Gasteiger charge is 2.13. The first-order chi connectivity index (χ1) is 14.9.